The van der Waals surface area contributed by atoms with Crippen molar-refractivity contribution in [1.82, 2.24) is 30.0 Å². The Bertz CT molecular complexity index is 1230. The van der Waals surface area contributed by atoms with E-state index in [1.54, 1.807) is 22.6 Å². The summed E-state index contributed by atoms with van der Waals surface area (Å²) in [6, 6.07) is 9.79. The minimum Gasteiger partial charge on any atom is -0.370 e. The molecule has 9 nitrogen and oxygen atoms in total. The zero-order valence-electron chi connectivity index (χ0n) is 18.9. The third-order valence-electron chi connectivity index (χ3n) is 5.51. The third kappa shape index (κ3) is 5.96. The van der Waals surface area contributed by atoms with Gasteiger partial charge in [-0.2, -0.15) is 5.10 Å². The van der Waals surface area contributed by atoms with Gasteiger partial charge in [-0.05, 0) is 24.5 Å². The number of aromatic amines is 1. The number of carbonyl (C=O) groups excluding carboxylic acids is 2. The largest absolute Gasteiger partial charge is 0.370 e. The number of benzene rings is 1. The molecule has 10 heteroatoms. The summed E-state index contributed by atoms with van der Waals surface area (Å²) in [5.41, 5.74) is 10.7. The molecule has 0 aliphatic carbocycles. The predicted octanol–water partition coefficient (Wildman–Crippen LogP) is 3.84. The highest BCUT2D eigenvalue weighted by molar-refractivity contribution is 7.11. The van der Waals surface area contributed by atoms with Crippen molar-refractivity contribution in [1.29, 1.82) is 0 Å². The number of nitrogens with two attached hydrogens (primary N) is 1. The minimum atomic E-state index is -0.292. The number of H-pyrrole nitrogens is 1. The molecule has 0 fully saturated rings. The molecule has 0 aliphatic heterocycles. The van der Waals surface area contributed by atoms with Gasteiger partial charge >= 0.3 is 0 Å². The van der Waals surface area contributed by atoms with Gasteiger partial charge in [0.1, 0.15) is 10.7 Å². The van der Waals surface area contributed by atoms with Gasteiger partial charge in [0.05, 0.1) is 35.3 Å². The molecule has 1 atom stereocenters. The fourth-order valence-electron chi connectivity index (χ4n) is 3.71. The molecule has 1 aromatic carbocycles. The van der Waals surface area contributed by atoms with Crippen molar-refractivity contribution in [3.8, 4) is 22.5 Å². The Labute approximate surface area is 201 Å². The van der Waals surface area contributed by atoms with Crippen LogP contribution in [0.1, 0.15) is 53.6 Å². The van der Waals surface area contributed by atoms with E-state index in [2.05, 4.69) is 25.4 Å². The second kappa shape index (κ2) is 10.9. The van der Waals surface area contributed by atoms with E-state index in [-0.39, 0.29) is 17.9 Å². The molecule has 4 rings (SSSR count). The van der Waals surface area contributed by atoms with E-state index in [1.807, 2.05) is 43.6 Å². The Morgan fingerprint density at radius 1 is 1.12 bits per heavy atom. The van der Waals surface area contributed by atoms with Gasteiger partial charge < -0.3 is 16.0 Å². The van der Waals surface area contributed by atoms with Crippen LogP contribution in [0.3, 0.4) is 0 Å². The van der Waals surface area contributed by atoms with Gasteiger partial charge in [0, 0.05) is 25.2 Å². The summed E-state index contributed by atoms with van der Waals surface area (Å²) in [4.78, 5) is 36.1. The first-order valence-electron chi connectivity index (χ1n) is 11.1. The van der Waals surface area contributed by atoms with Crippen LogP contribution in [0.4, 0.5) is 0 Å². The van der Waals surface area contributed by atoms with Gasteiger partial charge in [-0.15, -0.1) is 11.3 Å². The van der Waals surface area contributed by atoms with E-state index in [1.165, 1.54) is 11.3 Å². The van der Waals surface area contributed by atoms with Crippen LogP contribution < -0.4 is 11.1 Å². The van der Waals surface area contributed by atoms with E-state index < -0.39 is 0 Å². The molecule has 4 aromatic rings. The first kappa shape index (κ1) is 23.4. The quantitative estimate of drug-likeness (QED) is 0.282. The van der Waals surface area contributed by atoms with Crippen LogP contribution in [-0.4, -0.2) is 36.5 Å². The zero-order valence-corrected chi connectivity index (χ0v) is 19.7. The second-order valence-electron chi connectivity index (χ2n) is 8.09. The summed E-state index contributed by atoms with van der Waals surface area (Å²) in [5, 5.41) is 7.51. The molecule has 2 amide bonds. The fraction of sp³-hybridized carbons (Fsp3) is 0.292. The summed E-state index contributed by atoms with van der Waals surface area (Å²) < 4.78 is 1.78. The fourth-order valence-corrected chi connectivity index (χ4v) is 4.23. The van der Waals surface area contributed by atoms with Crippen molar-refractivity contribution in [2.24, 2.45) is 12.8 Å². The lowest BCUT2D eigenvalue weighted by Crippen LogP contribution is -2.28. The zero-order chi connectivity index (χ0) is 23.9. The van der Waals surface area contributed by atoms with Gasteiger partial charge in [-0.25, -0.2) is 4.98 Å². The molecule has 1 unspecified atom stereocenters. The number of aryl methyl sites for hydroxylation is 1. The Morgan fingerprint density at radius 2 is 1.91 bits per heavy atom. The number of primary amides is 1. The molecule has 0 spiro atoms. The van der Waals surface area contributed by atoms with E-state index in [9.17, 15) is 9.59 Å². The lowest BCUT2D eigenvalue weighted by molar-refractivity contribution is -0.118. The predicted molar refractivity (Wildman–Crippen MR) is 131 cm³/mol. The van der Waals surface area contributed by atoms with Crippen molar-refractivity contribution in [2.45, 2.75) is 38.1 Å². The maximum absolute atomic E-state index is 12.7. The smallest absolute Gasteiger partial charge is 0.263 e. The number of unbranched alkanes of at least 4 members (excludes halogenated alkanes) is 2. The van der Waals surface area contributed by atoms with Crippen LogP contribution in [0.15, 0.2) is 54.4 Å². The van der Waals surface area contributed by atoms with Gasteiger partial charge in [0.25, 0.3) is 5.91 Å². The molecule has 0 saturated heterocycles. The molecule has 176 valence electrons. The SMILES string of the molecule is Cn1ccc(-c2ccc(-c3cnc(C(CCCCCC(N)=O)NC(=O)c4cncs4)[nH]3)cc2)n1. The maximum Gasteiger partial charge on any atom is 0.263 e. The number of carbonyl (C=O) groups is 2. The summed E-state index contributed by atoms with van der Waals surface area (Å²) in [7, 11) is 1.89. The van der Waals surface area contributed by atoms with Crippen LogP contribution >= 0.6 is 11.3 Å². The van der Waals surface area contributed by atoms with Gasteiger partial charge in [-0.3, -0.25) is 19.3 Å². The molecule has 0 aliphatic rings. The lowest BCUT2D eigenvalue weighted by atomic mass is 10.1. The molecule has 3 aromatic heterocycles. The van der Waals surface area contributed by atoms with Gasteiger partial charge in [0.15, 0.2) is 0 Å². The molecule has 0 radical (unpaired) electrons. The van der Waals surface area contributed by atoms with E-state index in [4.69, 9.17) is 5.73 Å². The number of hydrogen-bond acceptors (Lipinski definition) is 6. The van der Waals surface area contributed by atoms with Gasteiger partial charge in [-0.1, -0.05) is 37.1 Å². The second-order valence-corrected chi connectivity index (χ2v) is 8.98. The third-order valence-corrected chi connectivity index (χ3v) is 6.28. The topological polar surface area (TPSA) is 132 Å². The lowest BCUT2D eigenvalue weighted by Gasteiger charge is -2.16. The summed E-state index contributed by atoms with van der Waals surface area (Å²) in [5.74, 6) is 0.221. The number of rotatable bonds is 11. The van der Waals surface area contributed by atoms with Crippen molar-refractivity contribution in [3.63, 3.8) is 0 Å². The molecule has 0 saturated carbocycles. The normalized spacial score (nSPS) is 11.9. The van der Waals surface area contributed by atoms with E-state index in [0.29, 0.717) is 23.5 Å². The van der Waals surface area contributed by atoms with Gasteiger partial charge in [0.2, 0.25) is 5.91 Å². The summed E-state index contributed by atoms with van der Waals surface area (Å²) in [6.07, 6.45) is 8.72. The highest BCUT2D eigenvalue weighted by Crippen LogP contribution is 2.25. The summed E-state index contributed by atoms with van der Waals surface area (Å²) in [6.45, 7) is 0. The van der Waals surface area contributed by atoms with E-state index >= 15 is 0 Å². The highest BCUT2D eigenvalue weighted by atomic mass is 32.1. The first-order chi connectivity index (χ1) is 16.5. The molecule has 0 bridgehead atoms. The average Bonchev–Trinajstić information content (AvgIpc) is 3.60. The number of hydrogen-bond donors (Lipinski definition) is 3. The highest BCUT2D eigenvalue weighted by Gasteiger charge is 2.20. The minimum absolute atomic E-state index is 0.178. The number of nitrogens with zero attached hydrogens (tertiary/aromatic N) is 4. The Hall–Kier alpha value is -3.79. The number of thiazole rings is 1. The van der Waals surface area contributed by atoms with Crippen molar-refractivity contribution in [2.75, 3.05) is 0 Å². The Balaban J connectivity index is 1.47. The van der Waals surface area contributed by atoms with Crippen molar-refractivity contribution in [3.05, 3.63) is 65.1 Å². The van der Waals surface area contributed by atoms with E-state index in [0.717, 1.165) is 41.8 Å². The molecular formula is C24H27N7O2S. The number of aromatic nitrogens is 5. The molecular weight excluding hydrogens is 450 g/mol. The van der Waals surface area contributed by atoms with Crippen LogP contribution in [0.2, 0.25) is 0 Å². The molecule has 4 N–H and O–H groups in total. The van der Waals surface area contributed by atoms with Crippen molar-refractivity contribution < 1.29 is 9.59 Å². The maximum atomic E-state index is 12.7. The molecule has 34 heavy (non-hydrogen) atoms. The Kier molecular flexibility index (Phi) is 7.48. The number of nitrogens with one attached hydrogen (secondary N) is 2. The van der Waals surface area contributed by atoms with Crippen LogP contribution in [0, 0.1) is 0 Å². The van der Waals surface area contributed by atoms with Crippen molar-refractivity contribution >= 4 is 23.2 Å². The van der Waals surface area contributed by atoms with Crippen LogP contribution in [0.25, 0.3) is 22.5 Å². The van der Waals surface area contributed by atoms with Crippen LogP contribution in [-0.2, 0) is 11.8 Å². The number of imidazole rings is 1. The average molecular weight is 478 g/mol. The standard InChI is InChI=1S/C24H27N7O2S/c1-31-12-11-18(30-31)16-7-9-17(10-8-16)20-13-27-23(28-20)19(5-3-2-4-6-22(25)32)29-24(33)21-14-26-15-34-21/h7-15,19H,2-6H2,1H3,(H2,25,32)(H,27,28)(H,29,33). The van der Waals surface area contributed by atoms with Crippen LogP contribution in [0.5, 0.6) is 0 Å². The molecule has 3 heterocycles. The summed E-state index contributed by atoms with van der Waals surface area (Å²) >= 11 is 1.29. The Morgan fingerprint density at radius 3 is 2.59 bits per heavy atom. The number of amides is 2. The first-order valence-corrected chi connectivity index (χ1v) is 12.0. The monoisotopic (exact) mass is 477 g/mol.